The molecule has 12 nitrogen and oxygen atoms in total. The molecule has 0 spiro atoms. The second kappa shape index (κ2) is 11.9. The van der Waals surface area contributed by atoms with E-state index in [1.165, 1.54) is 18.6 Å². The Morgan fingerprint density at radius 1 is 1.18 bits per heavy atom. The van der Waals surface area contributed by atoms with Crippen molar-refractivity contribution in [3.05, 3.63) is 60.2 Å². The summed E-state index contributed by atoms with van der Waals surface area (Å²) in [4.78, 5) is 72.5. The molecule has 0 radical (unpaired) electrons. The lowest BCUT2D eigenvalue weighted by atomic mass is 9.57. The number of amides is 1. The van der Waals surface area contributed by atoms with E-state index in [9.17, 15) is 24.0 Å². The third kappa shape index (κ3) is 6.36. The Hall–Kier alpha value is -4.13. The van der Waals surface area contributed by atoms with Gasteiger partial charge in [0.2, 0.25) is 0 Å². The second-order valence-corrected chi connectivity index (χ2v) is 10.6. The molecular formula is C27H32BN3O9. The Morgan fingerprint density at radius 2 is 1.93 bits per heavy atom. The number of carboxylic acids is 1. The fraction of sp³-hybridized carbons (Fsp3) is 0.444. The van der Waals surface area contributed by atoms with Gasteiger partial charge in [0.1, 0.15) is 12.1 Å². The van der Waals surface area contributed by atoms with E-state index in [1.807, 2.05) is 44.2 Å². The molecule has 2 aliphatic heterocycles. The minimum Gasteiger partial charge on any atom is -0.718 e. The van der Waals surface area contributed by atoms with Crippen molar-refractivity contribution in [2.45, 2.75) is 63.4 Å². The molecule has 1 aromatic carbocycles. The predicted octanol–water partition coefficient (Wildman–Crippen LogP) is 1.47. The molecule has 3 heterocycles. The summed E-state index contributed by atoms with van der Waals surface area (Å²) in [5, 5.41) is 2.75. The van der Waals surface area contributed by atoms with E-state index < -0.39 is 60.9 Å². The second-order valence-electron chi connectivity index (χ2n) is 10.6. The zero-order valence-corrected chi connectivity index (χ0v) is 22.6. The van der Waals surface area contributed by atoms with E-state index in [0.29, 0.717) is 6.42 Å². The summed E-state index contributed by atoms with van der Waals surface area (Å²) in [6.45, 7) is 0.875. The lowest BCUT2D eigenvalue weighted by Gasteiger charge is -2.43. The Labute approximate surface area is 231 Å². The number of Topliss-reactive ketones (excluding diaryl/α,β-unsaturated/α-hetero) is 1. The van der Waals surface area contributed by atoms with Gasteiger partial charge in [-0.25, -0.2) is 4.98 Å². The molecule has 0 aliphatic carbocycles. The number of aromatic nitrogens is 2. The van der Waals surface area contributed by atoms with Crippen LogP contribution in [0.5, 0.6) is 0 Å². The van der Waals surface area contributed by atoms with Crippen molar-refractivity contribution in [2.24, 2.45) is 5.92 Å². The molecule has 2 aliphatic rings. The summed E-state index contributed by atoms with van der Waals surface area (Å²) in [5.74, 6) is -4.05. The lowest BCUT2D eigenvalue weighted by molar-refractivity contribution is -0.171. The van der Waals surface area contributed by atoms with E-state index in [0.717, 1.165) is 12.7 Å². The third-order valence-corrected chi connectivity index (χ3v) is 7.07. The van der Waals surface area contributed by atoms with Crippen molar-refractivity contribution in [3.8, 4) is 0 Å². The number of carbonyl (C=O) groups is 5. The molecule has 40 heavy (non-hydrogen) atoms. The van der Waals surface area contributed by atoms with E-state index in [-0.39, 0.29) is 30.2 Å². The van der Waals surface area contributed by atoms with Crippen LogP contribution >= 0.6 is 0 Å². The van der Waals surface area contributed by atoms with Crippen molar-refractivity contribution >= 4 is 36.4 Å². The van der Waals surface area contributed by atoms with E-state index >= 15 is 0 Å². The number of nitrogens with one attached hydrogen (secondary N) is 1. The molecule has 212 valence electrons. The molecule has 2 N–H and O–H groups in total. The zero-order valence-electron chi connectivity index (χ0n) is 22.6. The van der Waals surface area contributed by atoms with Crippen molar-refractivity contribution in [2.75, 3.05) is 7.11 Å². The van der Waals surface area contributed by atoms with E-state index in [4.69, 9.17) is 14.0 Å². The van der Waals surface area contributed by atoms with Gasteiger partial charge in [0.25, 0.3) is 11.9 Å². The molecule has 0 saturated carbocycles. The van der Waals surface area contributed by atoms with Gasteiger partial charge in [-0.05, 0) is 30.1 Å². The van der Waals surface area contributed by atoms with Crippen LogP contribution in [0.1, 0.15) is 55.6 Å². The monoisotopic (exact) mass is 553 g/mol. The third-order valence-electron chi connectivity index (χ3n) is 7.07. The SMILES string of the molecule is COC(=O)C[C@@]12CC(=O)[OH+][B-]([C@@H](CC(=O)[C@H](Cc3ccccc3)NC(=O)c3cnccn3)CC(C)C)(OC1=O)O2. The number of fused-ring (bicyclic) bond motifs is 2. The quantitative estimate of drug-likeness (QED) is 0.231. The zero-order chi connectivity index (χ0) is 28.9. The normalized spacial score (nSPS) is 23.1. The van der Waals surface area contributed by atoms with Gasteiger partial charge in [0.05, 0.1) is 25.8 Å². The minimum atomic E-state index is -2.94. The van der Waals surface area contributed by atoms with Crippen LogP contribution in [0.3, 0.4) is 0 Å². The average molecular weight is 553 g/mol. The maximum atomic E-state index is 13.9. The first-order valence-corrected chi connectivity index (χ1v) is 13.1. The van der Waals surface area contributed by atoms with Crippen LogP contribution in [-0.2, 0) is 39.6 Å². The Balaban J connectivity index is 1.62. The van der Waals surface area contributed by atoms with Crippen molar-refractivity contribution < 1.29 is 42.7 Å². The van der Waals surface area contributed by atoms with Crippen LogP contribution in [0.15, 0.2) is 48.9 Å². The van der Waals surface area contributed by atoms with Gasteiger partial charge in [0.15, 0.2) is 11.4 Å². The molecule has 1 amide bonds. The van der Waals surface area contributed by atoms with Crippen LogP contribution in [0, 0.1) is 5.92 Å². The number of aliphatic carboxylic acids is 1. The molecule has 1 aromatic heterocycles. The molecule has 4 atom stereocenters. The average Bonchev–Trinajstić information content (AvgIpc) is 3.13. The highest BCUT2D eigenvalue weighted by molar-refractivity contribution is 6.67. The topological polar surface area (TPSA) is 164 Å². The number of esters is 1. The Morgan fingerprint density at radius 3 is 2.58 bits per heavy atom. The Bertz CT molecular complexity index is 1280. The van der Waals surface area contributed by atoms with Gasteiger partial charge in [-0.3, -0.25) is 24.2 Å². The molecular weight excluding hydrogens is 521 g/mol. The van der Waals surface area contributed by atoms with Gasteiger partial charge >= 0.3 is 18.7 Å². The molecule has 1 unspecified atom stereocenters. The van der Waals surface area contributed by atoms with Crippen LogP contribution in [0.2, 0.25) is 5.82 Å². The highest BCUT2D eigenvalue weighted by Crippen LogP contribution is 2.47. The van der Waals surface area contributed by atoms with Gasteiger partial charge in [-0.2, -0.15) is 0 Å². The maximum absolute atomic E-state index is 13.9. The molecule has 2 bridgehead atoms. The summed E-state index contributed by atoms with van der Waals surface area (Å²) < 4.78 is 20.5. The Kier molecular flexibility index (Phi) is 8.62. The number of ether oxygens (including phenoxy) is 1. The number of hydrogen-bond acceptors (Lipinski definition) is 10. The van der Waals surface area contributed by atoms with Crippen LogP contribution in [0.25, 0.3) is 0 Å². The first-order valence-electron chi connectivity index (χ1n) is 13.1. The smallest absolute Gasteiger partial charge is 0.576 e. The predicted molar refractivity (Wildman–Crippen MR) is 140 cm³/mol. The lowest BCUT2D eigenvalue weighted by Crippen LogP contribution is -2.58. The van der Waals surface area contributed by atoms with Crippen molar-refractivity contribution in [1.29, 1.82) is 0 Å². The molecule has 2 fully saturated rings. The number of nitrogens with zero attached hydrogens (tertiary/aromatic N) is 2. The standard InChI is InChI=1S/C27H32BN3O9/c1-17(2)11-19(28-38-24(34)15-27(40-28,26(36)39-28)14-23(33)37-3)13-22(32)20(12-18-7-5-4-6-8-18)31-25(35)21-16-29-9-10-30-21/h4-10,16-17,19-20,38H,11-15H2,1-3H3,(H,31,35)/t19-,20+,27-,28?/m1/s1. The molecule has 13 heteroatoms. The highest BCUT2D eigenvalue weighted by atomic mass is 16.8. The number of carbonyl (C=O) groups excluding carboxylic acids is 4. The summed E-state index contributed by atoms with van der Waals surface area (Å²) in [5.41, 5.74) is -1.00. The van der Waals surface area contributed by atoms with Gasteiger partial charge in [0, 0.05) is 17.2 Å². The first kappa shape index (κ1) is 28.9. The van der Waals surface area contributed by atoms with Crippen LogP contribution in [-0.4, -0.2) is 69.7 Å². The van der Waals surface area contributed by atoms with Crippen LogP contribution in [0.4, 0.5) is 0 Å². The summed E-state index contributed by atoms with van der Waals surface area (Å²) in [6, 6.07) is 8.18. The largest absolute Gasteiger partial charge is 0.718 e. The number of rotatable bonds is 12. The molecule has 2 saturated heterocycles. The van der Waals surface area contributed by atoms with Gasteiger partial charge in [-0.1, -0.05) is 50.6 Å². The fourth-order valence-corrected chi connectivity index (χ4v) is 5.25. The maximum Gasteiger partial charge on any atom is 0.576 e. The van der Waals surface area contributed by atoms with Crippen molar-refractivity contribution in [1.82, 2.24) is 15.3 Å². The van der Waals surface area contributed by atoms with E-state index in [1.54, 1.807) is 0 Å². The minimum absolute atomic E-state index is 0.000875. The van der Waals surface area contributed by atoms with Gasteiger partial charge in [-0.15, -0.1) is 0 Å². The van der Waals surface area contributed by atoms with Crippen molar-refractivity contribution in [3.63, 3.8) is 0 Å². The number of hydrogen-bond donors (Lipinski definition) is 1. The van der Waals surface area contributed by atoms with E-state index in [2.05, 4.69) is 19.9 Å². The summed E-state index contributed by atoms with van der Waals surface area (Å²) >= 11 is 0. The fourth-order valence-electron chi connectivity index (χ4n) is 5.25. The summed E-state index contributed by atoms with van der Waals surface area (Å²) in [6.07, 6.45) is 3.41. The van der Waals surface area contributed by atoms with Gasteiger partial charge < -0.3 is 24.0 Å². The number of ketones is 1. The summed E-state index contributed by atoms with van der Waals surface area (Å²) in [7, 11) is 1.16. The number of benzene rings is 1. The van der Waals surface area contributed by atoms with Crippen LogP contribution < -0.4 is 5.32 Å². The first-order chi connectivity index (χ1) is 19.1. The molecule has 4 rings (SSSR count). The highest BCUT2D eigenvalue weighted by Gasteiger charge is 2.68. The number of methoxy groups -OCH3 is 1. The molecule has 2 aromatic rings.